The van der Waals surface area contributed by atoms with E-state index >= 15 is 0 Å². The van der Waals surface area contributed by atoms with Crippen LogP contribution in [0.5, 0.6) is 0 Å². The minimum absolute atomic E-state index is 0.0259. The molecule has 0 radical (unpaired) electrons. The molecule has 71 heavy (non-hydrogen) atoms. The molecule has 2 heterocycles. The highest BCUT2D eigenvalue weighted by Gasteiger charge is 2.70. The van der Waals surface area contributed by atoms with E-state index in [4.69, 9.17) is 0 Å². The molecule has 11 unspecified atom stereocenters. The number of carbonyl (C=O) groups is 4. The number of thiazole rings is 2. The molecular formula is C56H66N2O9S4. The molecule has 12 rings (SSSR count). The van der Waals surface area contributed by atoms with Crippen LogP contribution >= 0.6 is 34.4 Å². The van der Waals surface area contributed by atoms with Gasteiger partial charge in [-0.25, -0.2) is 9.97 Å². The summed E-state index contributed by atoms with van der Waals surface area (Å²) in [5.41, 5.74) is -0.762. The zero-order valence-electron chi connectivity index (χ0n) is 41.1. The number of carbonyl (C=O) groups excluding carboxylic acids is 4. The number of para-hydroxylation sites is 2. The number of nitrogens with zero attached hydrogens (tertiary/aromatic N) is 2. The standard InChI is InChI=1S/C28H33NO5S2.C28H33NO4S2/c1-26-11-9-17(30)13-16(26)7-8-18-19-10-12-28(33,27(19,2)14-21(31)24(18)26)23(32)15-36(34)25-29-20-5-3-4-6-22(20)35-25;1-26-11-9-17(30)13-16(26)7-8-18-19-10-12-28(33,27(19,2)14-21(31)24(18)26)23(32)15-34-25-29-20-5-3-4-6-22(20)35-25/h3-6,13,18-19,21,24,31,33H,7-12,14-15H2,1-2H3;3-6,13,18-19,21,24,31,33H,7-12,14-15H2,1-2H3/t18?,19?,21-,24?,26?,27?,28-,36?;18?,19?,21-,24?,26?,27?,28-/m00/s1. The van der Waals surface area contributed by atoms with Crippen LogP contribution in [0.3, 0.4) is 0 Å². The Kier molecular flexibility index (Phi) is 12.6. The third-order valence-corrected chi connectivity index (χ3v) is 25.2. The van der Waals surface area contributed by atoms with Gasteiger partial charge >= 0.3 is 0 Å². The van der Waals surface area contributed by atoms with Crippen molar-refractivity contribution in [2.24, 2.45) is 57.2 Å². The van der Waals surface area contributed by atoms with Crippen LogP contribution in [0, 0.1) is 57.2 Å². The van der Waals surface area contributed by atoms with E-state index in [1.165, 1.54) is 34.2 Å². The van der Waals surface area contributed by atoms with E-state index in [1.54, 1.807) is 11.3 Å². The van der Waals surface area contributed by atoms with Crippen LogP contribution < -0.4 is 0 Å². The van der Waals surface area contributed by atoms with Gasteiger partial charge in [0, 0.05) is 23.7 Å². The second-order valence-electron chi connectivity index (χ2n) is 23.5. The molecule has 0 spiro atoms. The molecule has 0 bridgehead atoms. The maximum Gasteiger partial charge on any atom is 0.182 e. The monoisotopic (exact) mass is 1040 g/mol. The summed E-state index contributed by atoms with van der Waals surface area (Å²) >= 11 is 4.31. The number of fused-ring (bicyclic) bond motifs is 12. The number of aliphatic hydroxyl groups is 4. The lowest BCUT2D eigenvalue weighted by atomic mass is 9.45. The Bertz CT molecular complexity index is 2880. The highest BCUT2D eigenvalue weighted by atomic mass is 32.2. The highest BCUT2D eigenvalue weighted by Crippen LogP contribution is 2.69. The molecule has 0 aliphatic heterocycles. The summed E-state index contributed by atoms with van der Waals surface area (Å²) in [6.45, 7) is 8.43. The van der Waals surface area contributed by atoms with Gasteiger partial charge in [-0.3, -0.25) is 23.4 Å². The van der Waals surface area contributed by atoms with Crippen LogP contribution in [0.1, 0.15) is 118 Å². The lowest BCUT2D eigenvalue weighted by Crippen LogP contribution is -2.62. The van der Waals surface area contributed by atoms with Gasteiger partial charge in [-0.2, -0.15) is 0 Å². The lowest BCUT2D eigenvalue weighted by molar-refractivity contribution is -0.179. The first-order valence-electron chi connectivity index (χ1n) is 25.8. The first-order valence-corrected chi connectivity index (χ1v) is 29.7. The summed E-state index contributed by atoms with van der Waals surface area (Å²) in [4.78, 5) is 60.5. The summed E-state index contributed by atoms with van der Waals surface area (Å²) in [6.07, 6.45) is 11.6. The zero-order chi connectivity index (χ0) is 50.0. The molecule has 4 aromatic rings. The van der Waals surface area contributed by atoms with Gasteiger partial charge in [-0.15, -0.1) is 22.7 Å². The molecule has 0 amide bonds. The van der Waals surface area contributed by atoms with Crippen molar-refractivity contribution in [3.05, 3.63) is 71.8 Å². The fourth-order valence-electron chi connectivity index (χ4n) is 16.7. The smallest absolute Gasteiger partial charge is 0.182 e. The van der Waals surface area contributed by atoms with E-state index in [9.17, 15) is 43.8 Å². The lowest BCUT2D eigenvalue weighted by Gasteiger charge is -2.60. The van der Waals surface area contributed by atoms with Crippen molar-refractivity contribution in [1.82, 2.24) is 9.97 Å². The molecule has 15 atom stereocenters. The van der Waals surface area contributed by atoms with Crippen LogP contribution in [0.25, 0.3) is 20.4 Å². The Morgan fingerprint density at radius 3 is 1.65 bits per heavy atom. The summed E-state index contributed by atoms with van der Waals surface area (Å²) in [5, 5.41) is 46.9. The first-order chi connectivity index (χ1) is 33.7. The number of allylic oxidation sites excluding steroid dienone is 2. The minimum Gasteiger partial charge on any atom is -0.393 e. The number of ketones is 4. The average molecular weight is 1040 g/mol. The van der Waals surface area contributed by atoms with Gasteiger partial charge in [0.2, 0.25) is 0 Å². The van der Waals surface area contributed by atoms with Gasteiger partial charge in [0.05, 0.1) is 54.9 Å². The maximum atomic E-state index is 13.6. The van der Waals surface area contributed by atoms with Crippen molar-refractivity contribution >= 4 is 88.8 Å². The van der Waals surface area contributed by atoms with E-state index in [0.717, 1.165) is 69.7 Å². The summed E-state index contributed by atoms with van der Waals surface area (Å²) < 4.78 is 16.4. The second-order valence-corrected chi connectivity index (χ2v) is 28.4. The number of benzene rings is 2. The largest absolute Gasteiger partial charge is 0.393 e. The topological polar surface area (TPSA) is 192 Å². The Balaban J connectivity index is 0.000000154. The Morgan fingerprint density at radius 1 is 0.662 bits per heavy atom. The van der Waals surface area contributed by atoms with Gasteiger partial charge in [0.15, 0.2) is 31.8 Å². The van der Waals surface area contributed by atoms with E-state index < -0.39 is 50.8 Å². The zero-order valence-corrected chi connectivity index (χ0v) is 44.3. The highest BCUT2D eigenvalue weighted by molar-refractivity contribution is 8.01. The summed E-state index contributed by atoms with van der Waals surface area (Å²) in [5.74, 6) is 0.635. The molecule has 2 aromatic carbocycles. The van der Waals surface area contributed by atoms with E-state index in [1.807, 2.05) is 74.5 Å². The van der Waals surface area contributed by atoms with Crippen molar-refractivity contribution < 1.29 is 43.8 Å². The number of aromatic nitrogens is 2. The molecule has 11 nitrogen and oxygen atoms in total. The van der Waals surface area contributed by atoms with Gasteiger partial charge in [0.1, 0.15) is 11.2 Å². The number of hydrogen-bond acceptors (Lipinski definition) is 14. The normalized spacial score (nSPS) is 40.7. The van der Waals surface area contributed by atoms with Gasteiger partial charge in [0.25, 0.3) is 0 Å². The van der Waals surface area contributed by atoms with E-state index in [0.29, 0.717) is 49.3 Å². The molecule has 378 valence electrons. The number of rotatable bonds is 8. The van der Waals surface area contributed by atoms with Crippen LogP contribution in [-0.4, -0.2) is 92.7 Å². The molecule has 4 N–H and O–H groups in total. The van der Waals surface area contributed by atoms with Crippen LogP contribution in [0.4, 0.5) is 0 Å². The Morgan fingerprint density at radius 2 is 1.14 bits per heavy atom. The number of Topliss-reactive ketones (excluding diaryl/α,β-unsaturated/α-hetero) is 2. The second kappa shape index (κ2) is 17.9. The Hall–Kier alpha value is -3.28. The maximum absolute atomic E-state index is 13.6. The molecule has 8 aliphatic carbocycles. The van der Waals surface area contributed by atoms with Gasteiger partial charge < -0.3 is 20.4 Å². The number of thioether (sulfide) groups is 1. The quantitative estimate of drug-likeness (QED) is 0.123. The molecule has 2 aromatic heterocycles. The average Bonchev–Trinajstić information content (AvgIpc) is 4.10. The van der Waals surface area contributed by atoms with Crippen molar-refractivity contribution in [2.75, 3.05) is 11.5 Å². The van der Waals surface area contributed by atoms with Crippen LogP contribution in [0.15, 0.2) is 80.5 Å². The number of aliphatic hydroxyl groups excluding tert-OH is 2. The molecular weight excluding hydrogens is 973 g/mol. The Labute approximate surface area is 430 Å². The predicted molar refractivity (Wildman–Crippen MR) is 277 cm³/mol. The summed E-state index contributed by atoms with van der Waals surface area (Å²) in [7, 11) is -1.63. The first kappa shape index (κ1) is 49.9. The third-order valence-electron chi connectivity index (χ3n) is 20.4. The van der Waals surface area contributed by atoms with Crippen molar-refractivity contribution in [3.63, 3.8) is 0 Å². The van der Waals surface area contributed by atoms with E-state index in [-0.39, 0.29) is 75.2 Å². The van der Waals surface area contributed by atoms with Crippen molar-refractivity contribution in [3.8, 4) is 0 Å². The van der Waals surface area contributed by atoms with Gasteiger partial charge in [-0.05, 0) is 160 Å². The third kappa shape index (κ3) is 7.76. The van der Waals surface area contributed by atoms with Crippen molar-refractivity contribution in [2.45, 2.75) is 150 Å². The molecule has 6 fully saturated rings. The molecule has 6 saturated carbocycles. The minimum atomic E-state index is -1.63. The number of hydrogen-bond donors (Lipinski definition) is 4. The predicted octanol–water partition coefficient (Wildman–Crippen LogP) is 9.40. The SMILES string of the molecule is CC12CCC(=O)C=C1CCC1C2[C@@H](O)CC2(C)C1CC[C@]2(O)C(=O)CS(=O)c1nc2ccccc2s1.CC12CCC(=O)C=C1CCC1C2[C@@H](O)CC2(C)C1CC[C@]2(O)C(=O)CSc1nc2ccccc2s1. The van der Waals surface area contributed by atoms with E-state index in [2.05, 4.69) is 23.8 Å². The van der Waals surface area contributed by atoms with Crippen molar-refractivity contribution in [1.29, 1.82) is 0 Å². The summed E-state index contributed by atoms with van der Waals surface area (Å²) in [6, 6.07) is 15.5. The fourth-order valence-corrected chi connectivity index (χ4v) is 21.1. The van der Waals surface area contributed by atoms with Crippen LogP contribution in [-0.2, 0) is 30.0 Å². The van der Waals surface area contributed by atoms with Gasteiger partial charge in [-0.1, -0.05) is 74.9 Å². The molecule has 0 saturated heterocycles. The molecule has 15 heteroatoms. The van der Waals surface area contributed by atoms with Crippen LogP contribution in [0.2, 0.25) is 0 Å². The fraction of sp³-hybridized carbons (Fsp3) is 0.607. The molecule has 8 aliphatic rings.